The maximum absolute atomic E-state index is 5.85. The summed E-state index contributed by atoms with van der Waals surface area (Å²) in [6.45, 7) is 11.8. The van der Waals surface area contributed by atoms with Crippen LogP contribution in [0.2, 0.25) is 0 Å². The lowest BCUT2D eigenvalue weighted by atomic mass is 9.79. The van der Waals surface area contributed by atoms with Crippen LogP contribution in [-0.4, -0.2) is 17.5 Å². The molecule has 0 heterocycles. The van der Waals surface area contributed by atoms with Gasteiger partial charge in [0.05, 0.1) is 5.60 Å². The number of hydrogen-bond donors (Lipinski definition) is 0. The molecule has 0 aromatic carbocycles. The SMILES string of the molecule is CCCCC(CC)(CBr)CCOC(C)(C)C. The Labute approximate surface area is 110 Å². The summed E-state index contributed by atoms with van der Waals surface area (Å²) in [5, 5.41) is 1.10. The van der Waals surface area contributed by atoms with Crippen LogP contribution in [0.3, 0.4) is 0 Å². The van der Waals surface area contributed by atoms with Crippen molar-refractivity contribution >= 4 is 15.9 Å². The number of hydrogen-bond acceptors (Lipinski definition) is 1. The van der Waals surface area contributed by atoms with Crippen molar-refractivity contribution in [2.24, 2.45) is 5.41 Å². The molecule has 0 aromatic heterocycles. The summed E-state index contributed by atoms with van der Waals surface area (Å²) in [7, 11) is 0. The second-order valence-corrected chi connectivity index (χ2v) is 6.36. The van der Waals surface area contributed by atoms with Gasteiger partial charge < -0.3 is 4.74 Å². The summed E-state index contributed by atoms with van der Waals surface area (Å²) < 4.78 is 5.85. The van der Waals surface area contributed by atoms with Gasteiger partial charge in [-0.25, -0.2) is 0 Å². The van der Waals surface area contributed by atoms with Gasteiger partial charge in [-0.2, -0.15) is 0 Å². The number of rotatable bonds is 8. The molecule has 0 rings (SSSR count). The fourth-order valence-electron chi connectivity index (χ4n) is 1.83. The van der Waals surface area contributed by atoms with Gasteiger partial charge in [0, 0.05) is 11.9 Å². The van der Waals surface area contributed by atoms with Gasteiger partial charge in [-0.1, -0.05) is 42.6 Å². The highest BCUT2D eigenvalue weighted by molar-refractivity contribution is 9.09. The molecule has 0 fully saturated rings. The number of halogens is 1. The molecule has 0 N–H and O–H groups in total. The van der Waals surface area contributed by atoms with E-state index in [2.05, 4.69) is 50.5 Å². The van der Waals surface area contributed by atoms with Gasteiger partial charge in [0.2, 0.25) is 0 Å². The molecule has 0 aliphatic carbocycles. The molecule has 98 valence electrons. The van der Waals surface area contributed by atoms with E-state index < -0.39 is 0 Å². The lowest BCUT2D eigenvalue weighted by Crippen LogP contribution is -2.27. The maximum atomic E-state index is 5.85. The Bertz CT molecular complexity index is 168. The molecule has 0 saturated carbocycles. The molecule has 0 aliphatic heterocycles. The first-order valence-corrected chi connectivity index (χ1v) is 7.71. The Morgan fingerprint density at radius 2 is 1.69 bits per heavy atom. The summed E-state index contributed by atoms with van der Waals surface area (Å²) in [6.07, 6.45) is 6.35. The zero-order chi connectivity index (χ0) is 12.7. The van der Waals surface area contributed by atoms with Crippen molar-refractivity contribution < 1.29 is 4.74 Å². The van der Waals surface area contributed by atoms with Crippen molar-refractivity contribution in [2.45, 2.75) is 72.3 Å². The standard InChI is InChI=1S/C14H29BrO/c1-6-8-9-14(7-2,12-15)10-11-16-13(3,4)5/h6-12H2,1-5H3. The van der Waals surface area contributed by atoms with Crippen molar-refractivity contribution in [3.63, 3.8) is 0 Å². The van der Waals surface area contributed by atoms with Crippen LogP contribution in [0, 0.1) is 5.41 Å². The normalized spacial score (nSPS) is 16.1. The van der Waals surface area contributed by atoms with E-state index in [1.165, 1.54) is 32.1 Å². The van der Waals surface area contributed by atoms with Crippen molar-refractivity contribution in [2.75, 3.05) is 11.9 Å². The highest BCUT2D eigenvalue weighted by Gasteiger charge is 2.26. The van der Waals surface area contributed by atoms with Crippen LogP contribution >= 0.6 is 15.9 Å². The van der Waals surface area contributed by atoms with E-state index in [1.54, 1.807) is 0 Å². The molecule has 1 unspecified atom stereocenters. The van der Waals surface area contributed by atoms with Crippen LogP contribution in [0.4, 0.5) is 0 Å². The Morgan fingerprint density at radius 3 is 2.06 bits per heavy atom. The molecule has 2 heteroatoms. The third-order valence-electron chi connectivity index (χ3n) is 3.26. The van der Waals surface area contributed by atoms with Gasteiger partial charge in [0.15, 0.2) is 0 Å². The number of unbranched alkanes of at least 4 members (excludes halogenated alkanes) is 1. The summed E-state index contributed by atoms with van der Waals surface area (Å²) in [6, 6.07) is 0. The Kier molecular flexibility index (Phi) is 7.92. The number of ether oxygens (including phenoxy) is 1. The van der Waals surface area contributed by atoms with E-state index in [1.807, 2.05) is 0 Å². The fourth-order valence-corrected chi connectivity index (χ4v) is 2.79. The topological polar surface area (TPSA) is 9.23 Å². The van der Waals surface area contributed by atoms with Crippen LogP contribution in [0.5, 0.6) is 0 Å². The van der Waals surface area contributed by atoms with Crippen molar-refractivity contribution in [1.29, 1.82) is 0 Å². The highest BCUT2D eigenvalue weighted by atomic mass is 79.9. The van der Waals surface area contributed by atoms with Crippen molar-refractivity contribution in [1.82, 2.24) is 0 Å². The molecule has 1 nitrogen and oxygen atoms in total. The van der Waals surface area contributed by atoms with Crippen LogP contribution in [-0.2, 0) is 4.74 Å². The Hall–Kier alpha value is 0.440. The maximum Gasteiger partial charge on any atom is 0.0598 e. The van der Waals surface area contributed by atoms with Gasteiger partial charge in [-0.05, 0) is 45.4 Å². The molecule has 0 bridgehead atoms. The van der Waals surface area contributed by atoms with E-state index in [-0.39, 0.29) is 5.60 Å². The van der Waals surface area contributed by atoms with Gasteiger partial charge >= 0.3 is 0 Å². The van der Waals surface area contributed by atoms with Crippen LogP contribution in [0.25, 0.3) is 0 Å². The molecule has 1 atom stereocenters. The third-order valence-corrected chi connectivity index (χ3v) is 4.45. The van der Waals surface area contributed by atoms with Crippen LogP contribution in [0.1, 0.15) is 66.7 Å². The van der Waals surface area contributed by atoms with E-state index >= 15 is 0 Å². The van der Waals surface area contributed by atoms with Gasteiger partial charge in [-0.15, -0.1) is 0 Å². The lowest BCUT2D eigenvalue weighted by molar-refractivity contribution is -0.0180. The second-order valence-electron chi connectivity index (χ2n) is 5.80. The van der Waals surface area contributed by atoms with Crippen LogP contribution < -0.4 is 0 Å². The third kappa shape index (κ3) is 6.90. The molecular weight excluding hydrogens is 264 g/mol. The molecule has 0 amide bonds. The average molecular weight is 293 g/mol. The minimum Gasteiger partial charge on any atom is -0.376 e. The predicted octanol–water partition coefficient (Wildman–Crippen LogP) is 5.17. The summed E-state index contributed by atoms with van der Waals surface area (Å²) in [5.41, 5.74) is 0.442. The molecule has 0 spiro atoms. The molecule has 0 saturated heterocycles. The van der Waals surface area contributed by atoms with Crippen LogP contribution in [0.15, 0.2) is 0 Å². The zero-order valence-corrected chi connectivity index (χ0v) is 13.3. The smallest absolute Gasteiger partial charge is 0.0598 e. The minimum atomic E-state index is -0.00342. The average Bonchev–Trinajstić information content (AvgIpc) is 2.22. The first-order chi connectivity index (χ1) is 7.39. The Balaban J connectivity index is 4.11. The Morgan fingerprint density at radius 1 is 1.06 bits per heavy atom. The largest absolute Gasteiger partial charge is 0.376 e. The molecule has 0 aromatic rings. The minimum absolute atomic E-state index is 0.00342. The van der Waals surface area contributed by atoms with E-state index in [0.29, 0.717) is 5.41 Å². The molecule has 16 heavy (non-hydrogen) atoms. The molecule has 0 aliphatic rings. The summed E-state index contributed by atoms with van der Waals surface area (Å²) in [4.78, 5) is 0. The van der Waals surface area contributed by atoms with Gasteiger partial charge in [0.25, 0.3) is 0 Å². The lowest BCUT2D eigenvalue weighted by Gasteiger charge is -2.32. The fraction of sp³-hybridized carbons (Fsp3) is 1.00. The van der Waals surface area contributed by atoms with E-state index in [9.17, 15) is 0 Å². The molecule has 0 radical (unpaired) electrons. The van der Waals surface area contributed by atoms with Gasteiger partial charge in [-0.3, -0.25) is 0 Å². The van der Waals surface area contributed by atoms with Crippen molar-refractivity contribution in [3.8, 4) is 0 Å². The monoisotopic (exact) mass is 292 g/mol. The summed E-state index contributed by atoms with van der Waals surface area (Å²) in [5.74, 6) is 0. The highest BCUT2D eigenvalue weighted by Crippen LogP contribution is 2.35. The second kappa shape index (κ2) is 7.71. The quantitative estimate of drug-likeness (QED) is 0.561. The van der Waals surface area contributed by atoms with Crippen molar-refractivity contribution in [3.05, 3.63) is 0 Å². The molecular formula is C14H29BrO. The van der Waals surface area contributed by atoms with E-state index in [0.717, 1.165) is 11.9 Å². The predicted molar refractivity (Wildman–Crippen MR) is 76.4 cm³/mol. The first kappa shape index (κ1) is 16.4. The zero-order valence-electron chi connectivity index (χ0n) is 11.7. The van der Waals surface area contributed by atoms with E-state index in [4.69, 9.17) is 4.74 Å². The van der Waals surface area contributed by atoms with Gasteiger partial charge in [0.1, 0.15) is 0 Å². The number of alkyl halides is 1. The first-order valence-electron chi connectivity index (χ1n) is 6.59. The summed E-state index contributed by atoms with van der Waals surface area (Å²) >= 11 is 3.69.